The van der Waals surface area contributed by atoms with Crippen LogP contribution in [0, 0.1) is 23.2 Å². The maximum atomic E-state index is 11.1. The van der Waals surface area contributed by atoms with E-state index in [-0.39, 0.29) is 11.8 Å². The summed E-state index contributed by atoms with van der Waals surface area (Å²) in [6.07, 6.45) is 2.65. The normalized spacial score (nSPS) is 21.9. The summed E-state index contributed by atoms with van der Waals surface area (Å²) in [5, 5.41) is 21.4. The van der Waals surface area contributed by atoms with Crippen molar-refractivity contribution in [1.82, 2.24) is 0 Å². The van der Waals surface area contributed by atoms with Gasteiger partial charge in [0.2, 0.25) is 0 Å². The number of nitrogens with zero attached hydrogens (tertiary/aromatic N) is 1. The van der Waals surface area contributed by atoms with Crippen LogP contribution in [-0.4, -0.2) is 17.6 Å². The van der Waals surface area contributed by atoms with E-state index in [1.807, 2.05) is 12.1 Å². The Labute approximate surface area is 120 Å². The van der Waals surface area contributed by atoms with Gasteiger partial charge in [0.1, 0.15) is 6.07 Å². The first kappa shape index (κ1) is 13.9. The number of nitriles is 1. The number of anilines is 1. The lowest BCUT2D eigenvalue weighted by atomic mass is 9.96. The third-order valence-corrected chi connectivity index (χ3v) is 4.13. The second-order valence-corrected chi connectivity index (χ2v) is 5.73. The number of hydrogen-bond acceptors (Lipinski definition) is 3. The molecule has 2 unspecified atom stereocenters. The van der Waals surface area contributed by atoms with Gasteiger partial charge in [-0.15, -0.1) is 0 Å². The van der Waals surface area contributed by atoms with E-state index in [0.29, 0.717) is 12.1 Å². The van der Waals surface area contributed by atoms with E-state index in [2.05, 4.69) is 27.3 Å². The Morgan fingerprint density at radius 1 is 1.53 bits per heavy atom. The molecule has 2 atom stereocenters. The van der Waals surface area contributed by atoms with Crippen LogP contribution in [0.2, 0.25) is 0 Å². The molecule has 19 heavy (non-hydrogen) atoms. The third kappa shape index (κ3) is 3.27. The van der Waals surface area contributed by atoms with Crippen LogP contribution in [0.1, 0.15) is 24.8 Å². The third-order valence-electron chi connectivity index (χ3n) is 3.63. The molecule has 1 saturated carbocycles. The number of nitrogens with one attached hydrogen (secondary N) is 1. The second-order valence-electron chi connectivity index (χ2n) is 4.82. The van der Waals surface area contributed by atoms with Gasteiger partial charge in [-0.3, -0.25) is 4.79 Å². The largest absolute Gasteiger partial charge is 0.481 e. The van der Waals surface area contributed by atoms with Gasteiger partial charge in [0, 0.05) is 11.0 Å². The van der Waals surface area contributed by atoms with E-state index in [0.717, 1.165) is 29.4 Å². The van der Waals surface area contributed by atoms with Crippen LogP contribution in [-0.2, 0) is 4.79 Å². The molecule has 0 aromatic heterocycles. The molecule has 0 aliphatic heterocycles. The minimum absolute atomic E-state index is 0.142. The first-order chi connectivity index (χ1) is 9.11. The van der Waals surface area contributed by atoms with Crippen LogP contribution >= 0.6 is 15.9 Å². The van der Waals surface area contributed by atoms with Crippen LogP contribution < -0.4 is 5.32 Å². The van der Waals surface area contributed by atoms with Crippen molar-refractivity contribution in [3.05, 3.63) is 28.2 Å². The summed E-state index contributed by atoms with van der Waals surface area (Å²) in [5.41, 5.74) is 1.33. The van der Waals surface area contributed by atoms with E-state index >= 15 is 0 Å². The molecule has 100 valence electrons. The Balaban J connectivity index is 2.05. The fourth-order valence-corrected chi connectivity index (χ4v) is 2.97. The lowest BCUT2D eigenvalue weighted by Gasteiger charge is -2.17. The standard InChI is InChI=1S/C14H15BrN2O2/c15-11-5-4-9(7-16)13(6-11)17-8-10-2-1-3-12(10)14(18)19/h4-6,10,12,17H,1-3,8H2,(H,18,19). The number of hydrogen-bond donors (Lipinski definition) is 2. The number of carbonyl (C=O) groups is 1. The smallest absolute Gasteiger partial charge is 0.306 e. The SMILES string of the molecule is N#Cc1ccc(Br)cc1NCC1CCCC1C(=O)O. The summed E-state index contributed by atoms with van der Waals surface area (Å²) >= 11 is 3.37. The van der Waals surface area contributed by atoms with Gasteiger partial charge < -0.3 is 10.4 Å². The van der Waals surface area contributed by atoms with Crippen molar-refractivity contribution in [3.63, 3.8) is 0 Å². The molecule has 4 nitrogen and oxygen atoms in total. The number of aliphatic carboxylic acids is 1. The molecule has 0 bridgehead atoms. The quantitative estimate of drug-likeness (QED) is 0.892. The maximum absolute atomic E-state index is 11.1. The molecule has 0 radical (unpaired) electrons. The van der Waals surface area contributed by atoms with Crippen molar-refractivity contribution in [2.75, 3.05) is 11.9 Å². The second kappa shape index (κ2) is 6.07. The minimum atomic E-state index is -0.709. The predicted octanol–water partition coefficient (Wildman–Crippen LogP) is 3.23. The van der Waals surface area contributed by atoms with E-state index in [1.165, 1.54) is 0 Å². The number of halogens is 1. The Morgan fingerprint density at radius 3 is 3.00 bits per heavy atom. The van der Waals surface area contributed by atoms with Crippen LogP contribution in [0.15, 0.2) is 22.7 Å². The zero-order valence-corrected chi connectivity index (χ0v) is 12.0. The minimum Gasteiger partial charge on any atom is -0.481 e. The summed E-state index contributed by atoms with van der Waals surface area (Å²) in [6.45, 7) is 0.599. The Hall–Kier alpha value is -1.54. The van der Waals surface area contributed by atoms with Gasteiger partial charge in [0.15, 0.2) is 0 Å². The maximum Gasteiger partial charge on any atom is 0.306 e. The van der Waals surface area contributed by atoms with Gasteiger partial charge in [-0.25, -0.2) is 0 Å². The number of carboxylic acid groups (broad SMARTS) is 1. The number of carboxylic acids is 1. The molecule has 1 aromatic carbocycles. The molecule has 1 aliphatic carbocycles. The van der Waals surface area contributed by atoms with Crippen molar-refractivity contribution >= 4 is 27.6 Å². The van der Waals surface area contributed by atoms with E-state index in [1.54, 1.807) is 6.07 Å². The summed E-state index contributed by atoms with van der Waals surface area (Å²) < 4.78 is 0.898. The van der Waals surface area contributed by atoms with Crippen LogP contribution in [0.4, 0.5) is 5.69 Å². The highest BCUT2D eigenvalue weighted by atomic mass is 79.9. The molecule has 0 amide bonds. The van der Waals surface area contributed by atoms with Gasteiger partial charge in [-0.05, 0) is 37.0 Å². The molecular formula is C14H15BrN2O2. The molecule has 1 aromatic rings. The van der Waals surface area contributed by atoms with Gasteiger partial charge in [0.25, 0.3) is 0 Å². The first-order valence-corrected chi connectivity index (χ1v) is 7.07. The lowest BCUT2D eigenvalue weighted by molar-refractivity contribution is -0.142. The van der Waals surface area contributed by atoms with Gasteiger partial charge in [-0.2, -0.15) is 5.26 Å². The highest BCUT2D eigenvalue weighted by Gasteiger charge is 2.32. The summed E-state index contributed by atoms with van der Waals surface area (Å²) in [4.78, 5) is 11.1. The summed E-state index contributed by atoms with van der Waals surface area (Å²) in [7, 11) is 0. The van der Waals surface area contributed by atoms with Crippen LogP contribution in [0.25, 0.3) is 0 Å². The highest BCUT2D eigenvalue weighted by molar-refractivity contribution is 9.10. The van der Waals surface area contributed by atoms with Crippen LogP contribution in [0.5, 0.6) is 0 Å². The lowest BCUT2D eigenvalue weighted by Crippen LogP contribution is -2.24. The Kier molecular flexibility index (Phi) is 4.43. The number of benzene rings is 1. The Morgan fingerprint density at radius 2 is 2.32 bits per heavy atom. The van der Waals surface area contributed by atoms with E-state index in [4.69, 9.17) is 10.4 Å². The molecule has 0 heterocycles. The zero-order valence-electron chi connectivity index (χ0n) is 10.4. The molecule has 0 saturated heterocycles. The first-order valence-electron chi connectivity index (χ1n) is 6.28. The zero-order chi connectivity index (χ0) is 13.8. The molecule has 1 aliphatic rings. The summed E-state index contributed by atoms with van der Waals surface area (Å²) in [5.74, 6) is -0.827. The predicted molar refractivity (Wildman–Crippen MR) is 75.8 cm³/mol. The average Bonchev–Trinajstić information content (AvgIpc) is 2.85. The fraction of sp³-hybridized carbons (Fsp3) is 0.429. The van der Waals surface area contributed by atoms with Crippen molar-refractivity contribution in [3.8, 4) is 6.07 Å². The summed E-state index contributed by atoms with van der Waals surface area (Å²) in [6, 6.07) is 7.55. The monoisotopic (exact) mass is 322 g/mol. The molecular weight excluding hydrogens is 308 g/mol. The molecule has 2 N–H and O–H groups in total. The fourth-order valence-electron chi connectivity index (χ4n) is 2.61. The van der Waals surface area contributed by atoms with E-state index < -0.39 is 5.97 Å². The Bertz CT molecular complexity index is 525. The molecule has 0 spiro atoms. The van der Waals surface area contributed by atoms with Crippen molar-refractivity contribution in [2.24, 2.45) is 11.8 Å². The molecule has 2 rings (SSSR count). The molecule has 1 fully saturated rings. The van der Waals surface area contributed by atoms with Crippen molar-refractivity contribution in [2.45, 2.75) is 19.3 Å². The van der Waals surface area contributed by atoms with Crippen LogP contribution in [0.3, 0.4) is 0 Å². The van der Waals surface area contributed by atoms with Gasteiger partial charge in [0.05, 0.1) is 17.2 Å². The topological polar surface area (TPSA) is 73.1 Å². The molecule has 5 heteroatoms. The number of rotatable bonds is 4. The van der Waals surface area contributed by atoms with Gasteiger partial charge >= 0.3 is 5.97 Å². The van der Waals surface area contributed by atoms with E-state index in [9.17, 15) is 4.79 Å². The van der Waals surface area contributed by atoms with Gasteiger partial charge in [-0.1, -0.05) is 22.4 Å². The average molecular weight is 323 g/mol. The van der Waals surface area contributed by atoms with Crippen molar-refractivity contribution < 1.29 is 9.90 Å². The highest BCUT2D eigenvalue weighted by Crippen LogP contribution is 2.32. The van der Waals surface area contributed by atoms with Crippen molar-refractivity contribution in [1.29, 1.82) is 5.26 Å².